The van der Waals surface area contributed by atoms with Crippen LogP contribution in [0.25, 0.3) is 0 Å². The number of rotatable bonds is 4. The molecule has 0 spiro atoms. The molecule has 0 aliphatic heterocycles. The first-order chi connectivity index (χ1) is 10.5. The predicted octanol–water partition coefficient (Wildman–Crippen LogP) is 2.45. The molecule has 0 aliphatic carbocycles. The molecule has 0 fully saturated rings. The summed E-state index contributed by atoms with van der Waals surface area (Å²) < 4.78 is 0. The Bertz CT molecular complexity index is 739. The number of non-ortho nitro benzene ring substituents is 1. The molecule has 0 saturated heterocycles. The van der Waals surface area contributed by atoms with E-state index in [1.54, 1.807) is 19.1 Å². The number of phenols is 1. The Morgan fingerprint density at radius 1 is 1.18 bits per heavy atom. The fourth-order valence-electron chi connectivity index (χ4n) is 1.73. The van der Waals surface area contributed by atoms with Crippen molar-refractivity contribution in [1.29, 1.82) is 0 Å². The number of hydrogen-bond acceptors (Lipinski definition) is 5. The van der Waals surface area contributed by atoms with E-state index in [1.807, 2.05) is 0 Å². The Balaban J connectivity index is 2.08. The summed E-state index contributed by atoms with van der Waals surface area (Å²) in [6, 6.07) is 11.7. The molecule has 7 nitrogen and oxygen atoms in total. The summed E-state index contributed by atoms with van der Waals surface area (Å²) in [4.78, 5) is 21.9. The van der Waals surface area contributed by atoms with Crippen LogP contribution in [0.3, 0.4) is 0 Å². The molecule has 0 aromatic heterocycles. The fraction of sp³-hybridized carbons (Fsp3) is 0.0667. The lowest BCUT2D eigenvalue weighted by molar-refractivity contribution is -0.384. The maximum atomic E-state index is 11.9. The van der Waals surface area contributed by atoms with E-state index in [2.05, 4.69) is 10.5 Å². The van der Waals surface area contributed by atoms with Crippen LogP contribution < -0.4 is 5.43 Å². The van der Waals surface area contributed by atoms with Gasteiger partial charge >= 0.3 is 0 Å². The Labute approximate surface area is 126 Å². The van der Waals surface area contributed by atoms with Crippen LogP contribution in [0.15, 0.2) is 53.6 Å². The SMILES string of the molecule is C/C(=N\NC(=O)c1ccc([N+](=O)[O-])cc1)c1cccc(O)c1. The quantitative estimate of drug-likeness (QED) is 0.514. The normalized spacial score (nSPS) is 11.0. The number of nitro groups is 1. The average molecular weight is 299 g/mol. The molecule has 2 rings (SSSR count). The highest BCUT2D eigenvalue weighted by Crippen LogP contribution is 2.13. The number of nitrogens with one attached hydrogen (secondary N) is 1. The Hall–Kier alpha value is -3.22. The van der Waals surface area contributed by atoms with Gasteiger partial charge in [-0.2, -0.15) is 5.10 Å². The van der Waals surface area contributed by atoms with Gasteiger partial charge in [-0.1, -0.05) is 12.1 Å². The maximum absolute atomic E-state index is 11.9. The lowest BCUT2D eigenvalue weighted by Gasteiger charge is -2.03. The highest BCUT2D eigenvalue weighted by Gasteiger charge is 2.09. The molecule has 0 atom stereocenters. The number of carbonyl (C=O) groups excluding carboxylic acids is 1. The number of amides is 1. The molecule has 1 amide bonds. The zero-order valence-electron chi connectivity index (χ0n) is 11.7. The second-order valence-electron chi connectivity index (χ2n) is 4.49. The molecule has 7 heteroatoms. The van der Waals surface area contributed by atoms with Gasteiger partial charge in [-0.25, -0.2) is 5.43 Å². The van der Waals surface area contributed by atoms with E-state index in [9.17, 15) is 20.0 Å². The van der Waals surface area contributed by atoms with Crippen LogP contribution in [0.2, 0.25) is 0 Å². The van der Waals surface area contributed by atoms with Gasteiger partial charge in [-0.3, -0.25) is 14.9 Å². The van der Waals surface area contributed by atoms with Gasteiger partial charge in [0.1, 0.15) is 5.75 Å². The molecule has 0 saturated carbocycles. The first-order valence-electron chi connectivity index (χ1n) is 6.36. The van der Waals surface area contributed by atoms with Crippen LogP contribution in [0.1, 0.15) is 22.8 Å². The lowest BCUT2D eigenvalue weighted by atomic mass is 10.1. The summed E-state index contributed by atoms with van der Waals surface area (Å²) in [7, 11) is 0. The number of benzene rings is 2. The molecule has 2 aromatic rings. The topological polar surface area (TPSA) is 105 Å². The molecule has 2 aromatic carbocycles. The van der Waals surface area contributed by atoms with Gasteiger partial charge in [0.25, 0.3) is 11.6 Å². The van der Waals surface area contributed by atoms with Crippen LogP contribution in [0, 0.1) is 10.1 Å². The van der Waals surface area contributed by atoms with E-state index in [1.165, 1.54) is 36.4 Å². The lowest BCUT2D eigenvalue weighted by Crippen LogP contribution is -2.19. The molecule has 0 radical (unpaired) electrons. The standard InChI is InChI=1S/C15H13N3O4/c1-10(12-3-2-4-14(19)9-12)16-17-15(20)11-5-7-13(8-6-11)18(21)22/h2-9,19H,1H3,(H,17,20)/b16-10+. The fourth-order valence-corrected chi connectivity index (χ4v) is 1.73. The van der Waals surface area contributed by atoms with Crippen LogP contribution in [0.4, 0.5) is 5.69 Å². The monoisotopic (exact) mass is 299 g/mol. The molecule has 0 aliphatic rings. The van der Waals surface area contributed by atoms with Crippen molar-refractivity contribution in [2.24, 2.45) is 5.10 Å². The van der Waals surface area contributed by atoms with Gasteiger partial charge in [0.05, 0.1) is 10.6 Å². The first-order valence-corrected chi connectivity index (χ1v) is 6.36. The van der Waals surface area contributed by atoms with Crippen LogP contribution >= 0.6 is 0 Å². The summed E-state index contributed by atoms with van der Waals surface area (Å²) in [5.41, 5.74) is 3.73. The van der Waals surface area contributed by atoms with Crippen molar-refractivity contribution in [1.82, 2.24) is 5.43 Å². The van der Waals surface area contributed by atoms with E-state index in [-0.39, 0.29) is 17.0 Å². The number of nitro benzene ring substituents is 1. The van der Waals surface area contributed by atoms with Crippen molar-refractivity contribution in [3.05, 3.63) is 69.8 Å². The van der Waals surface area contributed by atoms with E-state index in [4.69, 9.17) is 0 Å². The van der Waals surface area contributed by atoms with E-state index >= 15 is 0 Å². The Morgan fingerprint density at radius 3 is 2.45 bits per heavy atom. The van der Waals surface area contributed by atoms with E-state index in [0.717, 1.165) is 0 Å². The molecular weight excluding hydrogens is 286 g/mol. The van der Waals surface area contributed by atoms with Gasteiger partial charge < -0.3 is 5.11 Å². The second-order valence-corrected chi connectivity index (χ2v) is 4.49. The van der Waals surface area contributed by atoms with Gasteiger partial charge in [-0.15, -0.1) is 0 Å². The van der Waals surface area contributed by atoms with Gasteiger partial charge in [-0.05, 0) is 31.2 Å². The minimum Gasteiger partial charge on any atom is -0.508 e. The van der Waals surface area contributed by atoms with Gasteiger partial charge in [0.2, 0.25) is 0 Å². The van der Waals surface area contributed by atoms with Crippen LogP contribution in [-0.4, -0.2) is 21.6 Å². The third kappa shape index (κ3) is 3.66. The predicted molar refractivity (Wildman–Crippen MR) is 80.9 cm³/mol. The Kier molecular flexibility index (Phi) is 4.47. The summed E-state index contributed by atoms with van der Waals surface area (Å²) in [6.07, 6.45) is 0. The van der Waals surface area contributed by atoms with Crippen molar-refractivity contribution in [2.75, 3.05) is 0 Å². The number of aromatic hydroxyl groups is 1. The summed E-state index contributed by atoms with van der Waals surface area (Å²) in [6.45, 7) is 1.69. The third-order valence-corrected chi connectivity index (χ3v) is 2.93. The second kappa shape index (κ2) is 6.49. The number of hydrazone groups is 1. The first kappa shape index (κ1) is 15.2. The van der Waals surface area contributed by atoms with Crippen molar-refractivity contribution in [2.45, 2.75) is 6.92 Å². The zero-order chi connectivity index (χ0) is 16.1. The average Bonchev–Trinajstić information content (AvgIpc) is 2.52. The summed E-state index contributed by atoms with van der Waals surface area (Å²) >= 11 is 0. The van der Waals surface area contributed by atoms with Crippen LogP contribution in [0.5, 0.6) is 5.75 Å². The van der Waals surface area contributed by atoms with Crippen molar-refractivity contribution < 1.29 is 14.8 Å². The Morgan fingerprint density at radius 2 is 1.86 bits per heavy atom. The highest BCUT2D eigenvalue weighted by atomic mass is 16.6. The van der Waals surface area contributed by atoms with Crippen molar-refractivity contribution in [3.63, 3.8) is 0 Å². The van der Waals surface area contributed by atoms with Gasteiger partial charge in [0.15, 0.2) is 0 Å². The molecular formula is C15H13N3O4. The largest absolute Gasteiger partial charge is 0.508 e. The van der Waals surface area contributed by atoms with E-state index < -0.39 is 10.8 Å². The van der Waals surface area contributed by atoms with Crippen LogP contribution in [-0.2, 0) is 0 Å². The molecule has 22 heavy (non-hydrogen) atoms. The number of phenolic OH excluding ortho intramolecular Hbond substituents is 1. The van der Waals surface area contributed by atoms with Crippen molar-refractivity contribution >= 4 is 17.3 Å². The third-order valence-electron chi connectivity index (χ3n) is 2.93. The zero-order valence-corrected chi connectivity index (χ0v) is 11.7. The number of nitrogens with zero attached hydrogens (tertiary/aromatic N) is 2. The molecule has 112 valence electrons. The smallest absolute Gasteiger partial charge is 0.271 e. The number of carbonyl (C=O) groups is 1. The maximum Gasteiger partial charge on any atom is 0.271 e. The molecule has 2 N–H and O–H groups in total. The van der Waals surface area contributed by atoms with E-state index in [0.29, 0.717) is 11.3 Å². The minimum absolute atomic E-state index is 0.0870. The molecule has 0 bridgehead atoms. The van der Waals surface area contributed by atoms with Gasteiger partial charge in [0, 0.05) is 23.3 Å². The van der Waals surface area contributed by atoms with Crippen molar-refractivity contribution in [3.8, 4) is 5.75 Å². The molecule has 0 unspecified atom stereocenters. The highest BCUT2D eigenvalue weighted by molar-refractivity contribution is 6.01. The summed E-state index contributed by atoms with van der Waals surface area (Å²) in [5.74, 6) is -0.372. The summed E-state index contributed by atoms with van der Waals surface area (Å²) in [5, 5.41) is 23.9. The number of hydrogen-bond donors (Lipinski definition) is 2. The molecule has 0 heterocycles. The minimum atomic E-state index is -0.536.